The highest BCUT2D eigenvalue weighted by Crippen LogP contribution is 2.29. The van der Waals surface area contributed by atoms with Crippen molar-refractivity contribution in [2.45, 2.75) is 18.8 Å². The second kappa shape index (κ2) is 8.83. The van der Waals surface area contributed by atoms with Crippen LogP contribution in [0.4, 0.5) is 5.69 Å². The van der Waals surface area contributed by atoms with Crippen molar-refractivity contribution >= 4 is 17.5 Å². The van der Waals surface area contributed by atoms with Crippen LogP contribution in [0.1, 0.15) is 45.3 Å². The third-order valence-corrected chi connectivity index (χ3v) is 5.79. The number of H-pyrrole nitrogens is 1. The second-order valence-electron chi connectivity index (χ2n) is 7.99. The number of likely N-dealkylation sites (tertiary alicyclic amines) is 1. The Morgan fingerprint density at radius 1 is 1.17 bits per heavy atom. The molecule has 0 radical (unpaired) electrons. The second-order valence-corrected chi connectivity index (χ2v) is 7.99. The minimum Gasteiger partial charge on any atom is -0.378 e. The summed E-state index contributed by atoms with van der Waals surface area (Å²) in [5.41, 5.74) is 2.80. The highest BCUT2D eigenvalue weighted by atomic mass is 16.5. The summed E-state index contributed by atoms with van der Waals surface area (Å²) in [4.78, 5) is 35.9. The Hall–Kier alpha value is -2.94. The van der Waals surface area contributed by atoms with E-state index in [4.69, 9.17) is 4.74 Å². The first kappa shape index (κ1) is 20.3. The van der Waals surface area contributed by atoms with Gasteiger partial charge in [-0.05, 0) is 25.0 Å². The Morgan fingerprint density at radius 3 is 2.73 bits per heavy atom. The molecule has 9 nitrogen and oxygen atoms in total. The van der Waals surface area contributed by atoms with Crippen LogP contribution in [-0.2, 0) is 4.74 Å². The summed E-state index contributed by atoms with van der Waals surface area (Å²) in [6, 6.07) is 3.69. The number of morpholine rings is 1. The zero-order chi connectivity index (χ0) is 21.1. The average molecular weight is 412 g/mol. The van der Waals surface area contributed by atoms with E-state index in [0.29, 0.717) is 50.7 Å². The smallest absolute Gasteiger partial charge is 0.272 e. The third kappa shape index (κ3) is 4.16. The number of anilines is 1. The summed E-state index contributed by atoms with van der Waals surface area (Å²) in [7, 11) is 3.87. The van der Waals surface area contributed by atoms with Crippen molar-refractivity contribution in [1.29, 1.82) is 0 Å². The molecule has 4 heterocycles. The predicted octanol–water partition coefficient (Wildman–Crippen LogP) is 1.36. The number of ether oxygens (including phenoxy) is 1. The van der Waals surface area contributed by atoms with Crippen LogP contribution in [0.2, 0.25) is 0 Å². The predicted molar refractivity (Wildman–Crippen MR) is 112 cm³/mol. The lowest BCUT2D eigenvalue weighted by Crippen LogP contribution is -2.42. The van der Waals surface area contributed by atoms with E-state index in [1.54, 1.807) is 17.3 Å². The van der Waals surface area contributed by atoms with Gasteiger partial charge in [0.15, 0.2) is 0 Å². The quantitative estimate of drug-likeness (QED) is 0.815. The van der Waals surface area contributed by atoms with Crippen molar-refractivity contribution in [3.63, 3.8) is 0 Å². The number of carbonyl (C=O) groups is 2. The van der Waals surface area contributed by atoms with Gasteiger partial charge in [-0.15, -0.1) is 0 Å². The van der Waals surface area contributed by atoms with E-state index in [1.165, 1.54) is 0 Å². The van der Waals surface area contributed by atoms with Crippen molar-refractivity contribution < 1.29 is 14.3 Å². The van der Waals surface area contributed by atoms with Gasteiger partial charge in [-0.1, -0.05) is 0 Å². The fourth-order valence-corrected chi connectivity index (χ4v) is 4.09. The van der Waals surface area contributed by atoms with Crippen LogP contribution >= 0.6 is 0 Å². The number of rotatable bonds is 4. The van der Waals surface area contributed by atoms with Crippen LogP contribution in [-0.4, -0.2) is 90.3 Å². The lowest BCUT2D eigenvalue weighted by molar-refractivity contribution is 0.0301. The molecule has 1 N–H and O–H groups in total. The topological polar surface area (TPSA) is 94.7 Å². The fourth-order valence-electron chi connectivity index (χ4n) is 4.09. The average Bonchev–Trinajstić information content (AvgIpc) is 3.29. The van der Waals surface area contributed by atoms with E-state index in [2.05, 4.69) is 15.2 Å². The third-order valence-electron chi connectivity index (χ3n) is 5.79. The largest absolute Gasteiger partial charge is 0.378 e. The van der Waals surface area contributed by atoms with Crippen molar-refractivity contribution in [2.75, 3.05) is 58.4 Å². The molecule has 0 aliphatic carbocycles. The van der Waals surface area contributed by atoms with E-state index < -0.39 is 0 Å². The Morgan fingerprint density at radius 2 is 1.97 bits per heavy atom. The molecule has 1 atom stereocenters. The first-order valence-corrected chi connectivity index (χ1v) is 10.4. The van der Waals surface area contributed by atoms with Crippen molar-refractivity contribution in [2.24, 2.45) is 0 Å². The summed E-state index contributed by atoms with van der Waals surface area (Å²) < 4.78 is 5.35. The number of carbonyl (C=O) groups excluding carboxylic acids is 2. The molecular weight excluding hydrogens is 384 g/mol. The molecule has 0 saturated carbocycles. The Kier molecular flexibility index (Phi) is 5.98. The molecule has 30 heavy (non-hydrogen) atoms. The molecule has 160 valence electrons. The number of piperidine rings is 1. The highest BCUT2D eigenvalue weighted by Gasteiger charge is 2.31. The number of pyridine rings is 1. The number of aromatic amines is 1. The van der Waals surface area contributed by atoms with Gasteiger partial charge in [-0.3, -0.25) is 19.7 Å². The number of hydrogen-bond donors (Lipinski definition) is 1. The molecule has 4 rings (SSSR count). The summed E-state index contributed by atoms with van der Waals surface area (Å²) in [6.45, 7) is 3.52. The van der Waals surface area contributed by atoms with Gasteiger partial charge in [0.1, 0.15) is 5.69 Å². The number of hydrogen-bond acceptors (Lipinski definition) is 6. The van der Waals surface area contributed by atoms with Gasteiger partial charge in [0.05, 0.1) is 30.7 Å². The van der Waals surface area contributed by atoms with E-state index in [9.17, 15) is 9.59 Å². The molecule has 0 aromatic carbocycles. The molecule has 2 aromatic rings. The summed E-state index contributed by atoms with van der Waals surface area (Å²) in [5, 5.41) is 7.18. The van der Waals surface area contributed by atoms with Crippen molar-refractivity contribution in [3.05, 3.63) is 41.5 Å². The molecule has 0 bridgehead atoms. The molecule has 0 unspecified atom stereocenters. The minimum absolute atomic E-state index is 0.0224. The molecule has 2 fully saturated rings. The van der Waals surface area contributed by atoms with E-state index >= 15 is 0 Å². The minimum atomic E-state index is -0.0797. The Balaban J connectivity index is 1.50. The van der Waals surface area contributed by atoms with Gasteiger partial charge in [-0.2, -0.15) is 5.10 Å². The molecule has 2 aliphatic rings. The fraction of sp³-hybridized carbons (Fsp3) is 0.524. The monoisotopic (exact) mass is 412 g/mol. The maximum Gasteiger partial charge on any atom is 0.272 e. The number of nitrogens with zero attached hydrogens (tertiary/aromatic N) is 5. The zero-order valence-electron chi connectivity index (χ0n) is 17.5. The van der Waals surface area contributed by atoms with E-state index in [0.717, 1.165) is 24.2 Å². The van der Waals surface area contributed by atoms with Crippen LogP contribution in [0.15, 0.2) is 24.5 Å². The van der Waals surface area contributed by atoms with Gasteiger partial charge in [0, 0.05) is 58.1 Å². The maximum atomic E-state index is 13.1. The van der Waals surface area contributed by atoms with E-state index in [1.807, 2.05) is 36.0 Å². The van der Waals surface area contributed by atoms with Crippen LogP contribution in [0.5, 0.6) is 0 Å². The van der Waals surface area contributed by atoms with Gasteiger partial charge in [0.2, 0.25) is 0 Å². The molecule has 2 aromatic heterocycles. The van der Waals surface area contributed by atoms with Crippen LogP contribution in [0.25, 0.3) is 0 Å². The number of nitrogens with one attached hydrogen (secondary N) is 1. The summed E-state index contributed by atoms with van der Waals surface area (Å²) in [6.07, 6.45) is 5.04. The van der Waals surface area contributed by atoms with Crippen LogP contribution < -0.4 is 4.90 Å². The molecular formula is C21H28N6O3. The maximum absolute atomic E-state index is 13.1. The standard InChI is InChI=1S/C21H28N6O3/c1-25(2)16-5-6-22-18(12-16)21(29)27-7-3-4-15(14-27)19-17(13-23-24-19)20(28)26-8-10-30-11-9-26/h5-6,12-13,15H,3-4,7-11,14H2,1-2H3,(H,23,24)/t15-/m0/s1. The SMILES string of the molecule is CN(C)c1ccnc(C(=O)N2CCC[C@H](c3[nH]ncc3C(=O)N3CCOCC3)C2)c1. The van der Waals surface area contributed by atoms with E-state index in [-0.39, 0.29) is 17.7 Å². The van der Waals surface area contributed by atoms with Gasteiger partial charge < -0.3 is 19.4 Å². The zero-order valence-corrected chi connectivity index (χ0v) is 17.5. The first-order valence-electron chi connectivity index (χ1n) is 10.4. The number of aromatic nitrogens is 3. The van der Waals surface area contributed by atoms with Crippen LogP contribution in [0.3, 0.4) is 0 Å². The Labute approximate surface area is 176 Å². The molecule has 9 heteroatoms. The summed E-state index contributed by atoms with van der Waals surface area (Å²) >= 11 is 0. The summed E-state index contributed by atoms with van der Waals surface area (Å²) in [5.74, 6) is -0.0583. The van der Waals surface area contributed by atoms with Gasteiger partial charge in [-0.25, -0.2) is 0 Å². The van der Waals surface area contributed by atoms with Gasteiger partial charge >= 0.3 is 0 Å². The molecule has 0 spiro atoms. The highest BCUT2D eigenvalue weighted by molar-refractivity contribution is 5.95. The molecule has 2 saturated heterocycles. The lowest BCUT2D eigenvalue weighted by atomic mass is 9.92. The van der Waals surface area contributed by atoms with Crippen LogP contribution in [0, 0.1) is 0 Å². The first-order chi connectivity index (χ1) is 14.5. The number of amides is 2. The lowest BCUT2D eigenvalue weighted by Gasteiger charge is -2.33. The molecule has 2 aliphatic heterocycles. The Bertz CT molecular complexity index is 906. The van der Waals surface area contributed by atoms with Gasteiger partial charge in [0.25, 0.3) is 11.8 Å². The normalized spacial score (nSPS) is 19.6. The molecule has 2 amide bonds. The van der Waals surface area contributed by atoms with Crippen molar-refractivity contribution in [1.82, 2.24) is 25.0 Å². The van der Waals surface area contributed by atoms with Crippen molar-refractivity contribution in [3.8, 4) is 0 Å².